The number of benzene rings is 1. The summed E-state index contributed by atoms with van der Waals surface area (Å²) in [5, 5.41) is 4.11. The van der Waals surface area contributed by atoms with Gasteiger partial charge in [0.15, 0.2) is 0 Å². The molecule has 0 unspecified atom stereocenters. The number of fused-ring (bicyclic) bond motifs is 1. The van der Waals surface area contributed by atoms with Gasteiger partial charge in [-0.1, -0.05) is 11.6 Å². The Morgan fingerprint density at radius 1 is 1.28 bits per heavy atom. The molecule has 2 aromatic rings. The molecule has 0 spiro atoms. The Morgan fingerprint density at radius 3 is 2.84 bits per heavy atom. The van der Waals surface area contributed by atoms with Gasteiger partial charge in [-0.25, -0.2) is 4.79 Å². The lowest BCUT2D eigenvalue weighted by atomic mass is 10.1. The van der Waals surface area contributed by atoms with E-state index in [0.29, 0.717) is 19.6 Å². The van der Waals surface area contributed by atoms with Crippen LogP contribution in [0.3, 0.4) is 0 Å². The SMILES string of the molecule is O=C(OCc1cc(Cl)cc(C(F)(F)F)c1)N1CCCn2nccc2C1. The van der Waals surface area contributed by atoms with Crippen molar-refractivity contribution in [3.63, 3.8) is 0 Å². The zero-order chi connectivity index (χ0) is 18.0. The Bertz CT molecular complexity index is 776. The van der Waals surface area contributed by atoms with Crippen LogP contribution in [0.1, 0.15) is 23.2 Å². The first-order chi connectivity index (χ1) is 11.8. The van der Waals surface area contributed by atoms with Gasteiger partial charge in [-0.2, -0.15) is 18.3 Å². The van der Waals surface area contributed by atoms with E-state index in [1.54, 1.807) is 6.20 Å². The average molecular weight is 374 g/mol. The molecule has 0 aliphatic carbocycles. The highest BCUT2D eigenvalue weighted by atomic mass is 35.5. The van der Waals surface area contributed by atoms with Crippen molar-refractivity contribution in [2.75, 3.05) is 6.54 Å². The molecule has 1 aromatic heterocycles. The monoisotopic (exact) mass is 373 g/mol. The van der Waals surface area contributed by atoms with E-state index in [4.69, 9.17) is 16.3 Å². The van der Waals surface area contributed by atoms with Crippen LogP contribution in [-0.4, -0.2) is 27.3 Å². The van der Waals surface area contributed by atoms with Crippen LogP contribution >= 0.6 is 11.6 Å². The van der Waals surface area contributed by atoms with Crippen molar-refractivity contribution in [2.24, 2.45) is 0 Å². The van der Waals surface area contributed by atoms with Crippen LogP contribution in [0.15, 0.2) is 30.5 Å². The summed E-state index contributed by atoms with van der Waals surface area (Å²) in [6.07, 6.45) is -2.70. The van der Waals surface area contributed by atoms with Gasteiger partial charge in [0.1, 0.15) is 6.61 Å². The highest BCUT2D eigenvalue weighted by molar-refractivity contribution is 6.30. The van der Waals surface area contributed by atoms with Gasteiger partial charge < -0.3 is 9.64 Å². The molecule has 134 valence electrons. The zero-order valence-electron chi connectivity index (χ0n) is 13.1. The third-order valence-electron chi connectivity index (χ3n) is 3.86. The number of carbonyl (C=O) groups is 1. The predicted octanol–water partition coefficient (Wildman–Crippen LogP) is 4.10. The molecule has 0 saturated carbocycles. The van der Waals surface area contributed by atoms with Crippen LogP contribution in [0, 0.1) is 0 Å². The first-order valence-corrected chi connectivity index (χ1v) is 8.00. The fourth-order valence-corrected chi connectivity index (χ4v) is 2.93. The molecular formula is C16H15ClF3N3O2. The number of carbonyl (C=O) groups excluding carboxylic acids is 1. The minimum Gasteiger partial charge on any atom is -0.445 e. The Hall–Kier alpha value is -2.22. The lowest BCUT2D eigenvalue weighted by Gasteiger charge is -2.19. The Morgan fingerprint density at radius 2 is 2.08 bits per heavy atom. The number of rotatable bonds is 2. The van der Waals surface area contributed by atoms with E-state index in [1.807, 2.05) is 10.7 Å². The van der Waals surface area contributed by atoms with Gasteiger partial charge >= 0.3 is 12.3 Å². The van der Waals surface area contributed by atoms with Gasteiger partial charge in [-0.3, -0.25) is 4.68 Å². The van der Waals surface area contributed by atoms with E-state index in [1.165, 1.54) is 11.0 Å². The third kappa shape index (κ3) is 4.25. The van der Waals surface area contributed by atoms with E-state index < -0.39 is 17.8 Å². The minimum absolute atomic E-state index is 0.0560. The molecule has 5 nitrogen and oxygen atoms in total. The van der Waals surface area contributed by atoms with Gasteiger partial charge in [-0.15, -0.1) is 0 Å². The molecule has 1 aromatic carbocycles. The molecule has 2 heterocycles. The molecule has 0 bridgehead atoms. The number of amides is 1. The summed E-state index contributed by atoms with van der Waals surface area (Å²) in [6, 6.07) is 4.93. The Balaban J connectivity index is 1.65. The van der Waals surface area contributed by atoms with Gasteiger partial charge in [0.05, 0.1) is 17.8 Å². The average Bonchev–Trinajstić information content (AvgIpc) is 2.88. The van der Waals surface area contributed by atoms with Crippen molar-refractivity contribution >= 4 is 17.7 Å². The largest absolute Gasteiger partial charge is 0.445 e. The van der Waals surface area contributed by atoms with Gasteiger partial charge in [0, 0.05) is 24.3 Å². The standard InChI is InChI=1S/C16H15ClF3N3O2/c17-13-7-11(6-12(8-13)16(18,19)20)10-25-15(24)22-4-1-5-23-14(9-22)2-3-21-23/h2-3,6-8H,1,4-5,9-10H2. The number of ether oxygens (including phenoxy) is 1. The minimum atomic E-state index is -4.51. The first-order valence-electron chi connectivity index (χ1n) is 7.62. The highest BCUT2D eigenvalue weighted by Crippen LogP contribution is 2.32. The van der Waals surface area contributed by atoms with E-state index in [0.717, 1.165) is 24.2 Å². The molecule has 0 fully saturated rings. The Kier molecular flexibility index (Phi) is 4.89. The lowest BCUT2D eigenvalue weighted by Crippen LogP contribution is -2.31. The summed E-state index contributed by atoms with van der Waals surface area (Å²) in [6.45, 7) is 1.27. The second kappa shape index (κ2) is 6.95. The molecule has 25 heavy (non-hydrogen) atoms. The summed E-state index contributed by atoms with van der Waals surface area (Å²) in [5.41, 5.74) is 0.203. The van der Waals surface area contributed by atoms with Gasteiger partial charge in [0.25, 0.3) is 0 Å². The van der Waals surface area contributed by atoms with E-state index >= 15 is 0 Å². The molecular weight excluding hydrogens is 359 g/mol. The number of hydrogen-bond donors (Lipinski definition) is 0. The quantitative estimate of drug-likeness (QED) is 0.796. The summed E-state index contributed by atoms with van der Waals surface area (Å²) >= 11 is 5.72. The van der Waals surface area contributed by atoms with Crippen molar-refractivity contribution < 1.29 is 22.7 Å². The zero-order valence-corrected chi connectivity index (χ0v) is 13.8. The van der Waals surface area contributed by atoms with Crippen LogP contribution < -0.4 is 0 Å². The highest BCUT2D eigenvalue weighted by Gasteiger charge is 2.31. The maximum absolute atomic E-state index is 12.8. The van der Waals surface area contributed by atoms with E-state index in [-0.39, 0.29) is 17.2 Å². The number of aryl methyl sites for hydroxylation is 1. The first kappa shape index (κ1) is 17.6. The molecule has 0 radical (unpaired) electrons. The van der Waals surface area contributed by atoms with Crippen LogP contribution in [0.2, 0.25) is 5.02 Å². The molecule has 1 amide bonds. The number of halogens is 4. The fraction of sp³-hybridized carbons (Fsp3) is 0.375. The maximum Gasteiger partial charge on any atom is 0.416 e. The Labute approximate surface area is 146 Å². The molecule has 0 atom stereocenters. The molecule has 9 heteroatoms. The van der Waals surface area contributed by atoms with Crippen LogP contribution in [0.25, 0.3) is 0 Å². The fourth-order valence-electron chi connectivity index (χ4n) is 2.67. The second-order valence-corrected chi connectivity index (χ2v) is 6.16. The van der Waals surface area contributed by atoms with E-state index in [9.17, 15) is 18.0 Å². The summed E-state index contributed by atoms with van der Waals surface area (Å²) < 4.78 is 45.4. The van der Waals surface area contributed by atoms with Gasteiger partial charge in [0.2, 0.25) is 0 Å². The maximum atomic E-state index is 12.8. The summed E-state index contributed by atoms with van der Waals surface area (Å²) in [4.78, 5) is 13.8. The van der Waals surface area contributed by atoms with Crippen LogP contribution in [-0.2, 0) is 30.6 Å². The number of alkyl halides is 3. The van der Waals surface area contributed by atoms with Gasteiger partial charge in [-0.05, 0) is 36.2 Å². The molecule has 0 saturated heterocycles. The number of aromatic nitrogens is 2. The van der Waals surface area contributed by atoms with Crippen molar-refractivity contribution in [2.45, 2.75) is 32.3 Å². The van der Waals surface area contributed by atoms with Crippen molar-refractivity contribution in [3.8, 4) is 0 Å². The predicted molar refractivity (Wildman–Crippen MR) is 83.9 cm³/mol. The van der Waals surface area contributed by atoms with Crippen molar-refractivity contribution in [1.29, 1.82) is 0 Å². The topological polar surface area (TPSA) is 47.4 Å². The third-order valence-corrected chi connectivity index (χ3v) is 4.08. The smallest absolute Gasteiger partial charge is 0.416 e. The molecule has 1 aliphatic heterocycles. The number of hydrogen-bond acceptors (Lipinski definition) is 3. The number of nitrogens with zero attached hydrogens (tertiary/aromatic N) is 3. The molecule has 0 N–H and O–H groups in total. The van der Waals surface area contributed by atoms with Crippen LogP contribution in [0.5, 0.6) is 0 Å². The van der Waals surface area contributed by atoms with Crippen molar-refractivity contribution in [3.05, 3.63) is 52.3 Å². The van der Waals surface area contributed by atoms with Crippen LogP contribution in [0.4, 0.5) is 18.0 Å². The lowest BCUT2D eigenvalue weighted by molar-refractivity contribution is -0.137. The summed E-state index contributed by atoms with van der Waals surface area (Å²) in [7, 11) is 0. The van der Waals surface area contributed by atoms with Crippen molar-refractivity contribution in [1.82, 2.24) is 14.7 Å². The normalized spacial score (nSPS) is 14.8. The summed E-state index contributed by atoms with van der Waals surface area (Å²) in [5.74, 6) is 0. The second-order valence-electron chi connectivity index (χ2n) is 5.72. The molecule has 3 rings (SSSR count). The molecule has 1 aliphatic rings. The van der Waals surface area contributed by atoms with E-state index in [2.05, 4.69) is 5.10 Å².